The van der Waals surface area contributed by atoms with Crippen molar-refractivity contribution in [3.8, 4) is 0 Å². The Balaban J connectivity index is 2.04. The van der Waals surface area contributed by atoms with Gasteiger partial charge >= 0.3 is 0 Å². The van der Waals surface area contributed by atoms with Gasteiger partial charge in [-0.3, -0.25) is 4.79 Å². The van der Waals surface area contributed by atoms with Gasteiger partial charge in [-0.15, -0.1) is 0 Å². The summed E-state index contributed by atoms with van der Waals surface area (Å²) in [5.74, 6) is 0.470. The molecule has 1 heterocycles. The van der Waals surface area contributed by atoms with Crippen molar-refractivity contribution in [1.82, 2.24) is 0 Å². The molecule has 0 aliphatic carbocycles. The maximum absolute atomic E-state index is 11.5. The lowest BCUT2D eigenvalue weighted by Gasteiger charge is -2.25. The van der Waals surface area contributed by atoms with Gasteiger partial charge in [-0.2, -0.15) is 0 Å². The first-order valence-corrected chi connectivity index (χ1v) is 8.56. The summed E-state index contributed by atoms with van der Waals surface area (Å²) in [6.45, 7) is 1.80. The molecule has 0 radical (unpaired) electrons. The van der Waals surface area contributed by atoms with E-state index in [1.165, 1.54) is 0 Å². The van der Waals surface area contributed by atoms with Gasteiger partial charge in [0.2, 0.25) is 5.91 Å². The molecule has 20 heavy (non-hydrogen) atoms. The Hall–Kier alpha value is -1.56. The average molecular weight is 296 g/mol. The van der Waals surface area contributed by atoms with E-state index in [-0.39, 0.29) is 23.5 Å². The van der Waals surface area contributed by atoms with E-state index in [4.69, 9.17) is 0 Å². The minimum atomic E-state index is -2.87. The molecular weight excluding hydrogens is 276 g/mol. The zero-order valence-electron chi connectivity index (χ0n) is 11.8. The van der Waals surface area contributed by atoms with Gasteiger partial charge in [-0.05, 0) is 30.7 Å². The van der Waals surface area contributed by atoms with Gasteiger partial charge in [0.1, 0.15) is 0 Å². The fraction of sp³-hybridized carbons (Fsp3) is 0.500. The number of carbonyl (C=O) groups is 1. The SMILES string of the molecule is CCC(=O)Nc1ccc(N(C)C2CCS(=O)(=O)C2)cc1. The quantitative estimate of drug-likeness (QED) is 0.917. The molecule has 1 aromatic carbocycles. The third-order valence-corrected chi connectivity index (χ3v) is 5.39. The van der Waals surface area contributed by atoms with Crippen molar-refractivity contribution >= 4 is 27.1 Å². The molecule has 0 bridgehead atoms. The van der Waals surface area contributed by atoms with Crippen molar-refractivity contribution in [2.24, 2.45) is 0 Å². The average Bonchev–Trinajstić information content (AvgIpc) is 2.79. The number of hydrogen-bond acceptors (Lipinski definition) is 4. The Morgan fingerprint density at radius 3 is 2.50 bits per heavy atom. The Morgan fingerprint density at radius 1 is 1.35 bits per heavy atom. The molecule has 1 aliphatic rings. The number of rotatable bonds is 4. The van der Waals surface area contributed by atoms with Gasteiger partial charge in [0.15, 0.2) is 9.84 Å². The first-order valence-electron chi connectivity index (χ1n) is 6.74. The van der Waals surface area contributed by atoms with Gasteiger partial charge in [0.25, 0.3) is 0 Å². The second kappa shape index (κ2) is 5.83. The molecule has 1 N–H and O–H groups in total. The van der Waals surface area contributed by atoms with Gasteiger partial charge in [-0.1, -0.05) is 6.92 Å². The molecule has 0 aromatic heterocycles. The molecule has 1 atom stereocenters. The zero-order valence-corrected chi connectivity index (χ0v) is 12.6. The van der Waals surface area contributed by atoms with Gasteiger partial charge in [0.05, 0.1) is 11.5 Å². The van der Waals surface area contributed by atoms with Crippen molar-refractivity contribution in [3.63, 3.8) is 0 Å². The lowest BCUT2D eigenvalue weighted by atomic mass is 10.2. The number of hydrogen-bond donors (Lipinski definition) is 1. The van der Waals surface area contributed by atoms with E-state index in [1.807, 2.05) is 36.2 Å². The smallest absolute Gasteiger partial charge is 0.224 e. The van der Waals surface area contributed by atoms with Crippen molar-refractivity contribution < 1.29 is 13.2 Å². The summed E-state index contributed by atoms with van der Waals surface area (Å²) < 4.78 is 23.0. The predicted octanol–water partition coefficient (Wildman–Crippen LogP) is 1.66. The summed E-state index contributed by atoms with van der Waals surface area (Å²) in [5, 5.41) is 2.79. The number of nitrogens with one attached hydrogen (secondary N) is 1. The first-order chi connectivity index (χ1) is 9.41. The van der Waals surface area contributed by atoms with Crippen LogP contribution in [0.4, 0.5) is 11.4 Å². The lowest BCUT2D eigenvalue weighted by molar-refractivity contribution is -0.115. The molecule has 5 nitrogen and oxygen atoms in total. The lowest BCUT2D eigenvalue weighted by Crippen LogP contribution is -2.32. The molecule has 1 fully saturated rings. The van der Waals surface area contributed by atoms with E-state index in [2.05, 4.69) is 5.32 Å². The molecule has 1 aromatic rings. The number of benzene rings is 1. The first kappa shape index (κ1) is 14.8. The Kier molecular flexibility index (Phi) is 4.32. The molecule has 2 rings (SSSR count). The zero-order chi connectivity index (χ0) is 14.8. The maximum atomic E-state index is 11.5. The van der Waals surface area contributed by atoms with E-state index < -0.39 is 9.84 Å². The normalized spacial score (nSPS) is 20.6. The van der Waals surface area contributed by atoms with Crippen LogP contribution in [0.1, 0.15) is 19.8 Å². The predicted molar refractivity (Wildman–Crippen MR) is 80.8 cm³/mol. The van der Waals surface area contributed by atoms with E-state index in [9.17, 15) is 13.2 Å². The fourth-order valence-electron chi connectivity index (χ4n) is 2.32. The van der Waals surface area contributed by atoms with Crippen LogP contribution >= 0.6 is 0 Å². The van der Waals surface area contributed by atoms with Gasteiger partial charge in [0, 0.05) is 30.9 Å². The van der Waals surface area contributed by atoms with Crippen LogP contribution in [0.2, 0.25) is 0 Å². The molecule has 0 spiro atoms. The van der Waals surface area contributed by atoms with Crippen molar-refractivity contribution in [1.29, 1.82) is 0 Å². The molecular formula is C14H20N2O3S. The van der Waals surface area contributed by atoms with Crippen LogP contribution in [0.15, 0.2) is 24.3 Å². The van der Waals surface area contributed by atoms with E-state index in [0.717, 1.165) is 11.4 Å². The Labute approximate surface area is 119 Å². The monoisotopic (exact) mass is 296 g/mol. The highest BCUT2D eigenvalue weighted by molar-refractivity contribution is 7.91. The summed E-state index contributed by atoms with van der Waals surface area (Å²) >= 11 is 0. The van der Waals surface area contributed by atoms with E-state index in [0.29, 0.717) is 12.8 Å². The molecule has 1 aliphatic heterocycles. The minimum absolute atomic E-state index is 0.0204. The molecule has 1 amide bonds. The summed E-state index contributed by atoms with van der Waals surface area (Å²) in [6, 6.07) is 7.51. The second-order valence-corrected chi connectivity index (χ2v) is 7.35. The highest BCUT2D eigenvalue weighted by Crippen LogP contribution is 2.24. The summed E-state index contributed by atoms with van der Waals surface area (Å²) in [6.07, 6.45) is 1.12. The maximum Gasteiger partial charge on any atom is 0.224 e. The number of anilines is 2. The van der Waals surface area contributed by atoms with E-state index in [1.54, 1.807) is 6.92 Å². The largest absolute Gasteiger partial charge is 0.371 e. The standard InChI is InChI=1S/C14H20N2O3S/c1-3-14(17)15-11-4-6-12(7-5-11)16(2)13-8-9-20(18,19)10-13/h4-7,13H,3,8-10H2,1-2H3,(H,15,17). The van der Waals surface area contributed by atoms with Crippen molar-refractivity contribution in [2.45, 2.75) is 25.8 Å². The van der Waals surface area contributed by atoms with Gasteiger partial charge in [-0.25, -0.2) is 8.42 Å². The van der Waals surface area contributed by atoms with Gasteiger partial charge < -0.3 is 10.2 Å². The molecule has 1 unspecified atom stereocenters. The summed E-state index contributed by atoms with van der Waals surface area (Å²) in [7, 11) is -0.967. The Bertz CT molecular complexity index is 581. The van der Waals surface area contributed by atoms with Crippen LogP contribution in [0.3, 0.4) is 0 Å². The van der Waals surface area contributed by atoms with Crippen LogP contribution in [0.5, 0.6) is 0 Å². The highest BCUT2D eigenvalue weighted by atomic mass is 32.2. The number of nitrogens with zero attached hydrogens (tertiary/aromatic N) is 1. The summed E-state index contributed by atoms with van der Waals surface area (Å²) in [5.41, 5.74) is 1.72. The molecule has 0 saturated carbocycles. The fourth-order valence-corrected chi connectivity index (χ4v) is 4.10. The molecule has 6 heteroatoms. The third-order valence-electron chi connectivity index (χ3n) is 3.64. The van der Waals surface area contributed by atoms with Crippen LogP contribution in [0, 0.1) is 0 Å². The number of carbonyl (C=O) groups excluding carboxylic acids is 1. The van der Waals surface area contributed by atoms with Crippen molar-refractivity contribution in [2.75, 3.05) is 28.8 Å². The van der Waals surface area contributed by atoms with Crippen molar-refractivity contribution in [3.05, 3.63) is 24.3 Å². The van der Waals surface area contributed by atoms with Crippen LogP contribution < -0.4 is 10.2 Å². The molecule has 1 saturated heterocycles. The number of sulfone groups is 1. The van der Waals surface area contributed by atoms with Crippen LogP contribution in [-0.2, 0) is 14.6 Å². The number of amides is 1. The summed E-state index contributed by atoms with van der Waals surface area (Å²) in [4.78, 5) is 13.3. The second-order valence-electron chi connectivity index (χ2n) is 5.12. The molecule has 110 valence electrons. The van der Waals surface area contributed by atoms with Crippen LogP contribution in [-0.4, -0.2) is 38.9 Å². The highest BCUT2D eigenvalue weighted by Gasteiger charge is 2.30. The Morgan fingerprint density at radius 2 is 2.00 bits per heavy atom. The topological polar surface area (TPSA) is 66.5 Å². The van der Waals surface area contributed by atoms with Crippen LogP contribution in [0.25, 0.3) is 0 Å². The van der Waals surface area contributed by atoms with E-state index >= 15 is 0 Å². The minimum Gasteiger partial charge on any atom is -0.371 e. The third kappa shape index (κ3) is 3.50.